The van der Waals surface area contributed by atoms with Crippen molar-refractivity contribution in [1.29, 1.82) is 0 Å². The van der Waals surface area contributed by atoms with E-state index in [1.165, 1.54) is 15.9 Å². The average Bonchev–Trinajstić information content (AvgIpc) is 3.17. The minimum atomic E-state index is -2.34. The Morgan fingerprint density at radius 1 is 0.460 bits per heavy atom. The predicted octanol–water partition coefficient (Wildman–Crippen LogP) is 7.99. The summed E-state index contributed by atoms with van der Waals surface area (Å²) in [6.07, 6.45) is 2.87. The zero-order chi connectivity index (χ0) is 34.6. The van der Waals surface area contributed by atoms with Gasteiger partial charge in [-0.3, -0.25) is 9.59 Å². The first-order valence-corrected chi connectivity index (χ1v) is 19.0. The van der Waals surface area contributed by atoms with E-state index in [2.05, 4.69) is 102 Å². The van der Waals surface area contributed by atoms with Crippen LogP contribution < -0.4 is 31.3 Å². The quantitative estimate of drug-likeness (QED) is 0.0562. The summed E-state index contributed by atoms with van der Waals surface area (Å²) in [7, 11) is -2.34. The SMILES string of the molecule is O=C(CCCC[PH](c1ccccc1)(c1ccccc1)c1ccccc1)Oc1ccc(NC(=O)c2ccc(NC(=O)c3ccccc3)cc2)cc1. The van der Waals surface area contributed by atoms with Crippen LogP contribution in [0.15, 0.2) is 170 Å². The van der Waals surface area contributed by atoms with Crippen LogP contribution in [0.1, 0.15) is 40.0 Å². The number of hydrogen-bond acceptors (Lipinski definition) is 4. The molecule has 0 unspecified atom stereocenters. The molecule has 6 rings (SSSR count). The van der Waals surface area contributed by atoms with E-state index in [-0.39, 0.29) is 17.8 Å². The molecule has 0 aromatic heterocycles. The number of amides is 2. The number of nitrogens with one attached hydrogen (secondary N) is 2. The molecule has 0 heterocycles. The number of rotatable bonds is 13. The van der Waals surface area contributed by atoms with Gasteiger partial charge in [0, 0.05) is 16.8 Å². The molecule has 50 heavy (non-hydrogen) atoms. The molecule has 2 N–H and O–H groups in total. The number of benzene rings is 6. The third-order valence-corrected chi connectivity index (χ3v) is 13.8. The topological polar surface area (TPSA) is 84.5 Å². The molecule has 0 saturated heterocycles. The number of ether oxygens (including phenoxy) is 1. The zero-order valence-electron chi connectivity index (χ0n) is 27.6. The van der Waals surface area contributed by atoms with Crippen LogP contribution >= 0.6 is 7.26 Å². The predicted molar refractivity (Wildman–Crippen MR) is 206 cm³/mol. The summed E-state index contributed by atoms with van der Waals surface area (Å²) in [4.78, 5) is 38.1. The van der Waals surface area contributed by atoms with E-state index in [0.717, 1.165) is 12.6 Å². The Hall–Kier alpha value is -5.84. The summed E-state index contributed by atoms with van der Waals surface area (Å²) in [5, 5.41) is 9.76. The number of carbonyl (C=O) groups excluding carboxylic acids is 3. The summed E-state index contributed by atoms with van der Waals surface area (Å²) in [6.45, 7) is 0. The van der Waals surface area contributed by atoms with E-state index < -0.39 is 7.26 Å². The van der Waals surface area contributed by atoms with Crippen LogP contribution in [0, 0.1) is 0 Å². The van der Waals surface area contributed by atoms with Gasteiger partial charge in [-0.2, -0.15) is 0 Å². The van der Waals surface area contributed by atoms with Crippen molar-refractivity contribution < 1.29 is 19.1 Å². The molecule has 2 amide bonds. The van der Waals surface area contributed by atoms with Gasteiger partial charge in [-0.25, -0.2) is 0 Å². The molecule has 0 radical (unpaired) electrons. The molecule has 7 heteroatoms. The third kappa shape index (κ3) is 8.41. The first kappa shape index (κ1) is 34.0. The second kappa shape index (κ2) is 16.5. The second-order valence-corrected chi connectivity index (χ2v) is 16.1. The van der Waals surface area contributed by atoms with Crippen molar-refractivity contribution in [1.82, 2.24) is 0 Å². The fourth-order valence-electron chi connectivity index (χ4n) is 6.25. The third-order valence-electron chi connectivity index (χ3n) is 8.77. The summed E-state index contributed by atoms with van der Waals surface area (Å²) in [5.74, 6) is -0.376. The summed E-state index contributed by atoms with van der Waals surface area (Å²) in [6, 6.07) is 54.7. The van der Waals surface area contributed by atoms with Gasteiger partial charge in [-0.15, -0.1) is 0 Å². The normalized spacial score (nSPS) is 11.3. The van der Waals surface area contributed by atoms with Gasteiger partial charge >= 0.3 is 202 Å². The Morgan fingerprint density at radius 3 is 1.32 bits per heavy atom. The van der Waals surface area contributed by atoms with Crippen LogP contribution in [0.4, 0.5) is 11.4 Å². The van der Waals surface area contributed by atoms with E-state index in [9.17, 15) is 14.4 Å². The Kier molecular flexibility index (Phi) is 11.2. The molecule has 0 spiro atoms. The van der Waals surface area contributed by atoms with Gasteiger partial charge in [0.25, 0.3) is 5.91 Å². The average molecular weight is 679 g/mol. The fourth-order valence-corrected chi connectivity index (χ4v) is 11.2. The molecule has 6 nitrogen and oxygen atoms in total. The molecular formula is C43H39N2O4P. The van der Waals surface area contributed by atoms with E-state index in [1.807, 2.05) is 6.07 Å². The van der Waals surface area contributed by atoms with Crippen molar-refractivity contribution in [3.05, 3.63) is 181 Å². The monoisotopic (exact) mass is 678 g/mol. The fraction of sp³-hybridized carbons (Fsp3) is 0.0930. The molecule has 0 atom stereocenters. The number of anilines is 2. The van der Waals surface area contributed by atoms with Crippen LogP contribution in [0.25, 0.3) is 0 Å². The molecule has 0 bridgehead atoms. The molecule has 0 fully saturated rings. The van der Waals surface area contributed by atoms with Gasteiger partial charge in [0.1, 0.15) is 0 Å². The van der Waals surface area contributed by atoms with Gasteiger partial charge in [-0.05, 0) is 36.4 Å². The van der Waals surface area contributed by atoms with Gasteiger partial charge < -0.3 is 5.32 Å². The molecule has 6 aromatic rings. The van der Waals surface area contributed by atoms with Crippen LogP contribution in [-0.4, -0.2) is 23.9 Å². The molecule has 0 aliphatic rings. The number of unbranched alkanes of at least 4 members (excludes halogenated alkanes) is 1. The molecule has 6 aromatic carbocycles. The van der Waals surface area contributed by atoms with Crippen LogP contribution in [-0.2, 0) is 4.79 Å². The first-order valence-electron chi connectivity index (χ1n) is 16.8. The maximum atomic E-state index is 12.9. The van der Waals surface area contributed by atoms with Crippen LogP contribution in [0.5, 0.6) is 5.75 Å². The second-order valence-electron chi connectivity index (χ2n) is 12.1. The van der Waals surface area contributed by atoms with Crippen molar-refractivity contribution in [3.63, 3.8) is 0 Å². The Bertz CT molecular complexity index is 1910. The summed E-state index contributed by atoms with van der Waals surface area (Å²) < 4.78 is 5.65. The van der Waals surface area contributed by atoms with E-state index >= 15 is 0 Å². The van der Waals surface area contributed by atoms with Crippen molar-refractivity contribution in [2.75, 3.05) is 16.8 Å². The maximum absolute atomic E-state index is 12.9. The van der Waals surface area contributed by atoms with E-state index in [4.69, 9.17) is 4.74 Å². The molecule has 250 valence electrons. The van der Waals surface area contributed by atoms with Crippen molar-refractivity contribution in [2.45, 2.75) is 19.3 Å². The summed E-state index contributed by atoms with van der Waals surface area (Å²) >= 11 is 0. The van der Waals surface area contributed by atoms with Gasteiger partial charge in [-0.1, -0.05) is 18.2 Å². The standard InChI is InChI=1S/C43H39N2O4P/c46-41(23-13-14-32-50(38-17-7-2-8-18-38,39-19-9-3-10-20-39)40-21-11-4-12-22-40)49-37-30-28-36(29-31-37)45-43(48)34-24-26-35(27-25-34)44-42(47)33-15-5-1-6-16-33/h1-12,15-22,24-31,50H,13-14,23,32H2,(H,44,47)(H,45,48). The molecule has 0 saturated carbocycles. The number of esters is 1. The Balaban J connectivity index is 1.02. The Labute approximate surface area is 293 Å². The van der Waals surface area contributed by atoms with Crippen molar-refractivity contribution in [3.8, 4) is 5.75 Å². The molecular weight excluding hydrogens is 639 g/mol. The van der Waals surface area contributed by atoms with E-state index in [0.29, 0.717) is 41.1 Å². The zero-order valence-corrected chi connectivity index (χ0v) is 28.6. The first-order chi connectivity index (χ1) is 24.5. The van der Waals surface area contributed by atoms with Gasteiger partial charge in [0.05, 0.1) is 0 Å². The van der Waals surface area contributed by atoms with Crippen LogP contribution in [0.2, 0.25) is 0 Å². The number of carbonyl (C=O) groups is 3. The van der Waals surface area contributed by atoms with Crippen molar-refractivity contribution in [2.24, 2.45) is 0 Å². The summed E-state index contributed by atoms with van der Waals surface area (Å²) in [5.41, 5.74) is 2.15. The number of hydrogen-bond donors (Lipinski definition) is 2. The molecule has 0 aliphatic heterocycles. The van der Waals surface area contributed by atoms with Crippen molar-refractivity contribution >= 4 is 52.3 Å². The van der Waals surface area contributed by atoms with Crippen LogP contribution in [0.3, 0.4) is 0 Å². The van der Waals surface area contributed by atoms with E-state index in [1.54, 1.807) is 72.8 Å². The van der Waals surface area contributed by atoms with Gasteiger partial charge in [0.15, 0.2) is 0 Å². The Morgan fingerprint density at radius 2 is 0.860 bits per heavy atom. The molecule has 0 aliphatic carbocycles. The van der Waals surface area contributed by atoms with Gasteiger partial charge in [0.2, 0.25) is 0 Å². The minimum absolute atomic E-state index is 0.221.